The molecule has 14 rings (SSSR count). The molecule has 0 aliphatic rings. The summed E-state index contributed by atoms with van der Waals surface area (Å²) in [7, 11) is 0. The van der Waals surface area contributed by atoms with Gasteiger partial charge in [0.05, 0.1) is 44.8 Å². The summed E-state index contributed by atoms with van der Waals surface area (Å²) in [6.07, 6.45) is 3.83. The third kappa shape index (κ3) is 7.52. The first-order valence-electron chi connectivity index (χ1n) is 24.9. The van der Waals surface area contributed by atoms with Crippen LogP contribution >= 0.6 is 0 Å². The van der Waals surface area contributed by atoms with E-state index in [1.54, 1.807) is 0 Å². The highest BCUT2D eigenvalue weighted by Gasteiger charge is 2.21. The van der Waals surface area contributed by atoms with Crippen molar-refractivity contribution in [3.63, 3.8) is 0 Å². The molecule has 0 saturated carbocycles. The summed E-state index contributed by atoms with van der Waals surface area (Å²) < 4.78 is 4.60. The number of pyridine rings is 4. The summed E-state index contributed by atoms with van der Waals surface area (Å²) in [5.41, 5.74) is 18.3. The highest BCUT2D eigenvalue weighted by molar-refractivity contribution is 6.10. The second kappa shape index (κ2) is 18.0. The number of nitrogens with zero attached hydrogens (tertiary/aromatic N) is 6. The van der Waals surface area contributed by atoms with Crippen molar-refractivity contribution in [3.8, 4) is 90.0 Å². The maximum Gasteiger partial charge on any atom is 0.140 e. The number of aromatic nitrogens is 6. The van der Waals surface area contributed by atoms with E-state index in [4.69, 9.17) is 15.0 Å². The minimum atomic E-state index is 0.805. The molecule has 8 aromatic carbocycles. The molecular weight excluding hydrogens is 901 g/mol. The van der Waals surface area contributed by atoms with Crippen molar-refractivity contribution in [3.05, 3.63) is 267 Å². The lowest BCUT2D eigenvalue weighted by atomic mass is 9.92. The molecule has 6 aromatic heterocycles. The zero-order chi connectivity index (χ0) is 49.0. The van der Waals surface area contributed by atoms with Gasteiger partial charge < -0.3 is 0 Å². The maximum absolute atomic E-state index is 5.64. The van der Waals surface area contributed by atoms with Crippen molar-refractivity contribution in [1.29, 1.82) is 0 Å². The molecule has 6 heteroatoms. The number of benzene rings is 8. The van der Waals surface area contributed by atoms with Crippen molar-refractivity contribution in [2.24, 2.45) is 0 Å². The van der Waals surface area contributed by atoms with E-state index in [1.165, 1.54) is 10.8 Å². The van der Waals surface area contributed by atoms with Crippen molar-refractivity contribution in [1.82, 2.24) is 29.1 Å². The van der Waals surface area contributed by atoms with Crippen LogP contribution in [0.5, 0.6) is 0 Å². The Labute approximate surface area is 427 Å². The van der Waals surface area contributed by atoms with E-state index in [2.05, 4.69) is 257 Å². The predicted molar refractivity (Wildman–Crippen MR) is 304 cm³/mol. The van der Waals surface area contributed by atoms with E-state index in [9.17, 15) is 0 Å². The smallest absolute Gasteiger partial charge is 0.140 e. The zero-order valence-electron chi connectivity index (χ0n) is 40.1. The van der Waals surface area contributed by atoms with Gasteiger partial charge >= 0.3 is 0 Å². The van der Waals surface area contributed by atoms with Crippen LogP contribution in [0, 0.1) is 0 Å². The van der Waals surface area contributed by atoms with Gasteiger partial charge in [0.25, 0.3) is 0 Å². The Kier molecular flexibility index (Phi) is 10.4. The molecule has 0 atom stereocenters. The number of fused-ring (bicyclic) bond motifs is 6. The molecule has 6 heterocycles. The molecule has 0 unspecified atom stereocenters. The second-order valence-corrected chi connectivity index (χ2v) is 18.7. The minimum Gasteiger partial charge on any atom is -0.294 e. The molecule has 0 radical (unpaired) electrons. The minimum absolute atomic E-state index is 0.805. The molecule has 0 fully saturated rings. The number of para-hydroxylation sites is 3. The average molecular weight is 945 g/mol. The number of rotatable bonds is 9. The largest absolute Gasteiger partial charge is 0.294 e. The molecule has 14 aromatic rings. The lowest BCUT2D eigenvalue weighted by molar-refractivity contribution is 1.01. The van der Waals surface area contributed by atoms with Crippen LogP contribution in [0.2, 0.25) is 0 Å². The molecular formula is C68H44N6. The van der Waals surface area contributed by atoms with E-state index < -0.39 is 0 Å². The van der Waals surface area contributed by atoms with Gasteiger partial charge in [-0.3, -0.25) is 14.1 Å². The van der Waals surface area contributed by atoms with Gasteiger partial charge in [0.2, 0.25) is 0 Å². The Hall–Kier alpha value is -10.0. The standard InChI is InChI=1S/C68H44N6/c1-4-19-45(20-5-1)48-25-18-26-49(37-48)61-38-50(39-62(71-61)52-40-59(46-21-6-2-7-22-46)70-60(41-52)47-23-8-3-9-24-47)53-27-10-11-28-54(53)51-42-67(73-63-32-15-12-29-55(63)56-30-13-16-33-64(56)73)72-68(43-51)74-65-34-17-14-31-57(65)58-44-69-36-35-66(58)74/h1-44H. The van der Waals surface area contributed by atoms with Crippen LogP contribution < -0.4 is 0 Å². The Morgan fingerprint density at radius 1 is 0.243 bits per heavy atom. The predicted octanol–water partition coefficient (Wildman–Crippen LogP) is 17.1. The van der Waals surface area contributed by atoms with E-state index in [0.717, 1.165) is 123 Å². The zero-order valence-corrected chi connectivity index (χ0v) is 40.1. The van der Waals surface area contributed by atoms with E-state index in [1.807, 2.05) is 24.5 Å². The van der Waals surface area contributed by atoms with E-state index in [-0.39, 0.29) is 0 Å². The normalized spacial score (nSPS) is 11.5. The van der Waals surface area contributed by atoms with E-state index in [0.29, 0.717) is 0 Å². The molecule has 0 N–H and O–H groups in total. The first kappa shape index (κ1) is 42.8. The first-order chi connectivity index (χ1) is 36.7. The van der Waals surface area contributed by atoms with Crippen molar-refractivity contribution in [2.75, 3.05) is 0 Å². The molecule has 6 nitrogen and oxygen atoms in total. The Morgan fingerprint density at radius 3 is 1.19 bits per heavy atom. The van der Waals surface area contributed by atoms with Crippen LogP contribution in [0.4, 0.5) is 0 Å². The van der Waals surface area contributed by atoms with Crippen LogP contribution in [-0.4, -0.2) is 29.1 Å². The highest BCUT2D eigenvalue weighted by atomic mass is 15.1. The summed E-state index contributed by atoms with van der Waals surface area (Å²) in [6.45, 7) is 0. The maximum atomic E-state index is 5.64. The summed E-state index contributed by atoms with van der Waals surface area (Å²) in [5, 5.41) is 4.55. The quantitative estimate of drug-likeness (QED) is 0.145. The van der Waals surface area contributed by atoms with Crippen LogP contribution in [0.3, 0.4) is 0 Å². The fraction of sp³-hybridized carbons (Fsp3) is 0. The molecule has 0 spiro atoms. The summed E-state index contributed by atoms with van der Waals surface area (Å²) in [4.78, 5) is 21.0. The van der Waals surface area contributed by atoms with Gasteiger partial charge in [0, 0.05) is 56.2 Å². The molecule has 346 valence electrons. The molecule has 0 aliphatic heterocycles. The van der Waals surface area contributed by atoms with Crippen LogP contribution in [0.1, 0.15) is 0 Å². The first-order valence-corrected chi connectivity index (χ1v) is 24.9. The highest BCUT2D eigenvalue weighted by Crippen LogP contribution is 2.41. The number of hydrogen-bond donors (Lipinski definition) is 0. The average Bonchev–Trinajstić information content (AvgIpc) is 4.01. The van der Waals surface area contributed by atoms with Gasteiger partial charge in [-0.25, -0.2) is 15.0 Å². The molecule has 0 aliphatic carbocycles. The van der Waals surface area contributed by atoms with Crippen LogP contribution in [0.25, 0.3) is 134 Å². The molecule has 0 bridgehead atoms. The topological polar surface area (TPSA) is 61.4 Å². The van der Waals surface area contributed by atoms with Crippen LogP contribution in [-0.2, 0) is 0 Å². The molecule has 0 saturated heterocycles. The van der Waals surface area contributed by atoms with Gasteiger partial charge in [-0.1, -0.05) is 188 Å². The lowest BCUT2D eigenvalue weighted by Gasteiger charge is -2.18. The van der Waals surface area contributed by atoms with Gasteiger partial charge in [0.1, 0.15) is 11.6 Å². The third-order valence-corrected chi connectivity index (χ3v) is 14.2. The Bertz CT molecular complexity index is 4130. The van der Waals surface area contributed by atoms with Crippen molar-refractivity contribution in [2.45, 2.75) is 0 Å². The fourth-order valence-corrected chi connectivity index (χ4v) is 10.8. The lowest BCUT2D eigenvalue weighted by Crippen LogP contribution is -2.04. The molecule has 74 heavy (non-hydrogen) atoms. The Morgan fingerprint density at radius 2 is 0.635 bits per heavy atom. The van der Waals surface area contributed by atoms with Gasteiger partial charge in [-0.05, 0) is 100 Å². The number of hydrogen-bond acceptors (Lipinski definition) is 4. The Balaban J connectivity index is 1.03. The van der Waals surface area contributed by atoms with E-state index >= 15 is 0 Å². The van der Waals surface area contributed by atoms with Gasteiger partial charge in [-0.15, -0.1) is 0 Å². The summed E-state index contributed by atoms with van der Waals surface area (Å²) in [5.74, 6) is 1.62. The monoisotopic (exact) mass is 944 g/mol. The van der Waals surface area contributed by atoms with Gasteiger partial charge in [-0.2, -0.15) is 0 Å². The van der Waals surface area contributed by atoms with Crippen molar-refractivity contribution < 1.29 is 0 Å². The molecule has 0 amide bonds. The summed E-state index contributed by atoms with van der Waals surface area (Å²) in [6, 6.07) is 90.1. The SMILES string of the molecule is c1ccc(-c2cccc(-c3cc(-c4ccccc4-c4cc(-n5c6ccccc6c6ccccc65)nc(-n5c6ccccc6c6cnccc65)c4)cc(-c4cc(-c5ccccc5)nc(-c5ccccc5)c4)n3)c2)cc1. The second-order valence-electron chi connectivity index (χ2n) is 18.7. The van der Waals surface area contributed by atoms with Crippen molar-refractivity contribution >= 4 is 43.6 Å². The van der Waals surface area contributed by atoms with Gasteiger partial charge in [0.15, 0.2) is 0 Å². The summed E-state index contributed by atoms with van der Waals surface area (Å²) >= 11 is 0. The fourth-order valence-electron chi connectivity index (χ4n) is 10.8. The third-order valence-electron chi connectivity index (χ3n) is 14.2. The van der Waals surface area contributed by atoms with Crippen LogP contribution in [0.15, 0.2) is 267 Å².